The third-order valence-corrected chi connectivity index (χ3v) is 4.17. The van der Waals surface area contributed by atoms with E-state index in [9.17, 15) is 9.59 Å². The predicted molar refractivity (Wildman–Crippen MR) is 85.6 cm³/mol. The van der Waals surface area contributed by atoms with Gasteiger partial charge in [0.1, 0.15) is 6.04 Å². The summed E-state index contributed by atoms with van der Waals surface area (Å²) in [5.74, 6) is -0.116. The van der Waals surface area contributed by atoms with Crippen LogP contribution in [0.4, 0.5) is 0 Å². The SMILES string of the molecule is Cc1cccc(C(=O)N[C@H](C)C(=O)OCC2CCCCC2)c1. The smallest absolute Gasteiger partial charge is 0.328 e. The Balaban J connectivity index is 1.79. The number of esters is 1. The molecule has 1 atom stereocenters. The summed E-state index contributed by atoms with van der Waals surface area (Å²) in [4.78, 5) is 24.1. The van der Waals surface area contributed by atoms with E-state index in [1.165, 1.54) is 19.3 Å². The molecule has 1 aromatic rings. The number of hydrogen-bond acceptors (Lipinski definition) is 3. The van der Waals surface area contributed by atoms with Crippen LogP contribution in [0.2, 0.25) is 0 Å². The molecule has 0 aromatic heterocycles. The van der Waals surface area contributed by atoms with Crippen LogP contribution < -0.4 is 5.32 Å². The van der Waals surface area contributed by atoms with Gasteiger partial charge >= 0.3 is 5.97 Å². The first kappa shape index (κ1) is 16.5. The second-order valence-electron chi connectivity index (χ2n) is 6.20. The zero-order valence-corrected chi connectivity index (χ0v) is 13.4. The Kier molecular flexibility index (Phi) is 5.99. The Morgan fingerprint density at radius 2 is 2.00 bits per heavy atom. The molecular formula is C18H25NO3. The maximum absolute atomic E-state index is 12.1. The maximum Gasteiger partial charge on any atom is 0.328 e. The standard InChI is InChI=1S/C18H25NO3/c1-13-7-6-10-16(11-13)17(20)19-14(2)18(21)22-12-15-8-4-3-5-9-15/h6-7,10-11,14-15H,3-5,8-9,12H2,1-2H3,(H,19,20)/t14-/m1/s1. The molecule has 0 radical (unpaired) electrons. The molecule has 4 nitrogen and oxygen atoms in total. The van der Waals surface area contributed by atoms with Crippen molar-refractivity contribution >= 4 is 11.9 Å². The molecule has 0 spiro atoms. The highest BCUT2D eigenvalue weighted by atomic mass is 16.5. The van der Waals surface area contributed by atoms with Gasteiger partial charge in [-0.2, -0.15) is 0 Å². The van der Waals surface area contributed by atoms with Gasteiger partial charge in [0.15, 0.2) is 0 Å². The van der Waals surface area contributed by atoms with E-state index in [1.54, 1.807) is 19.1 Å². The van der Waals surface area contributed by atoms with Crippen molar-refractivity contribution < 1.29 is 14.3 Å². The zero-order valence-electron chi connectivity index (χ0n) is 13.4. The molecule has 0 heterocycles. The fraction of sp³-hybridized carbons (Fsp3) is 0.556. The summed E-state index contributed by atoms with van der Waals surface area (Å²) >= 11 is 0. The third kappa shape index (κ3) is 4.86. The molecule has 1 fully saturated rings. The van der Waals surface area contributed by atoms with E-state index in [4.69, 9.17) is 4.74 Å². The number of carbonyl (C=O) groups is 2. The van der Waals surface area contributed by atoms with Gasteiger partial charge in [0.2, 0.25) is 0 Å². The van der Waals surface area contributed by atoms with Gasteiger partial charge in [-0.3, -0.25) is 4.79 Å². The molecule has 1 aromatic carbocycles. The van der Waals surface area contributed by atoms with Crippen molar-refractivity contribution in [1.29, 1.82) is 0 Å². The normalized spacial score (nSPS) is 16.8. The van der Waals surface area contributed by atoms with Crippen LogP contribution in [0.1, 0.15) is 54.9 Å². The highest BCUT2D eigenvalue weighted by Gasteiger charge is 2.20. The summed E-state index contributed by atoms with van der Waals surface area (Å²) in [5.41, 5.74) is 1.58. The van der Waals surface area contributed by atoms with E-state index >= 15 is 0 Å². The van der Waals surface area contributed by atoms with Crippen LogP contribution >= 0.6 is 0 Å². The highest BCUT2D eigenvalue weighted by molar-refractivity contribution is 5.96. The van der Waals surface area contributed by atoms with E-state index in [0.717, 1.165) is 18.4 Å². The second-order valence-corrected chi connectivity index (χ2v) is 6.20. The van der Waals surface area contributed by atoms with Crippen LogP contribution in [0, 0.1) is 12.8 Å². The monoisotopic (exact) mass is 303 g/mol. The number of carbonyl (C=O) groups excluding carboxylic acids is 2. The van der Waals surface area contributed by atoms with Crippen molar-refractivity contribution in [2.45, 2.75) is 52.0 Å². The van der Waals surface area contributed by atoms with E-state index in [2.05, 4.69) is 5.32 Å². The van der Waals surface area contributed by atoms with Crippen LogP contribution in [0.3, 0.4) is 0 Å². The van der Waals surface area contributed by atoms with Crippen molar-refractivity contribution in [2.75, 3.05) is 6.61 Å². The van der Waals surface area contributed by atoms with E-state index in [1.807, 2.05) is 19.1 Å². The molecule has 120 valence electrons. The Morgan fingerprint density at radius 3 is 2.68 bits per heavy atom. The molecule has 2 rings (SSSR count). The minimum atomic E-state index is -0.628. The third-order valence-electron chi connectivity index (χ3n) is 4.17. The van der Waals surface area contributed by atoms with Crippen molar-refractivity contribution in [1.82, 2.24) is 5.32 Å². The minimum absolute atomic E-state index is 0.245. The molecule has 0 aliphatic heterocycles. The lowest BCUT2D eigenvalue weighted by molar-refractivity contribution is -0.147. The molecule has 0 unspecified atom stereocenters. The van der Waals surface area contributed by atoms with Crippen LogP contribution in [0.5, 0.6) is 0 Å². The summed E-state index contributed by atoms with van der Waals surface area (Å²) in [5, 5.41) is 2.70. The van der Waals surface area contributed by atoms with Crippen molar-refractivity contribution in [3.63, 3.8) is 0 Å². The van der Waals surface area contributed by atoms with Gasteiger partial charge in [-0.05, 0) is 44.7 Å². The van der Waals surface area contributed by atoms with Crippen LogP contribution in [0.25, 0.3) is 0 Å². The van der Waals surface area contributed by atoms with Gasteiger partial charge in [-0.25, -0.2) is 4.79 Å². The predicted octanol–water partition coefficient (Wildman–Crippen LogP) is 3.24. The number of benzene rings is 1. The summed E-state index contributed by atoms with van der Waals surface area (Å²) in [6, 6.07) is 6.67. The first-order valence-electron chi connectivity index (χ1n) is 8.10. The fourth-order valence-corrected chi connectivity index (χ4v) is 2.80. The minimum Gasteiger partial charge on any atom is -0.464 e. The molecule has 1 N–H and O–H groups in total. The molecule has 1 saturated carbocycles. The topological polar surface area (TPSA) is 55.4 Å². The Morgan fingerprint density at radius 1 is 1.27 bits per heavy atom. The number of ether oxygens (including phenoxy) is 1. The van der Waals surface area contributed by atoms with Crippen molar-refractivity contribution in [2.24, 2.45) is 5.92 Å². The molecule has 0 bridgehead atoms. The lowest BCUT2D eigenvalue weighted by Gasteiger charge is -2.22. The van der Waals surface area contributed by atoms with Gasteiger partial charge < -0.3 is 10.1 Å². The van der Waals surface area contributed by atoms with Crippen LogP contribution in [-0.2, 0) is 9.53 Å². The number of rotatable bonds is 5. The summed E-state index contributed by atoms with van der Waals surface area (Å²) in [7, 11) is 0. The lowest BCUT2D eigenvalue weighted by atomic mass is 9.90. The maximum atomic E-state index is 12.1. The van der Waals surface area contributed by atoms with E-state index in [0.29, 0.717) is 18.1 Å². The molecule has 1 aliphatic rings. The molecule has 22 heavy (non-hydrogen) atoms. The van der Waals surface area contributed by atoms with Crippen molar-refractivity contribution in [3.8, 4) is 0 Å². The molecule has 4 heteroatoms. The first-order chi connectivity index (χ1) is 10.6. The number of aryl methyl sites for hydroxylation is 1. The quantitative estimate of drug-likeness (QED) is 0.850. The van der Waals surface area contributed by atoms with Gasteiger partial charge in [0, 0.05) is 5.56 Å². The molecule has 1 aliphatic carbocycles. The number of hydrogen-bond donors (Lipinski definition) is 1. The Hall–Kier alpha value is -1.84. The first-order valence-corrected chi connectivity index (χ1v) is 8.10. The fourth-order valence-electron chi connectivity index (χ4n) is 2.80. The van der Waals surface area contributed by atoms with Gasteiger partial charge in [0.05, 0.1) is 6.61 Å². The molecule has 0 saturated heterocycles. The summed E-state index contributed by atoms with van der Waals surface area (Å²) in [6.45, 7) is 4.07. The van der Waals surface area contributed by atoms with Gasteiger partial charge in [-0.1, -0.05) is 37.0 Å². The van der Waals surface area contributed by atoms with E-state index in [-0.39, 0.29) is 11.9 Å². The lowest BCUT2D eigenvalue weighted by Crippen LogP contribution is -2.40. The number of nitrogens with one attached hydrogen (secondary N) is 1. The zero-order chi connectivity index (χ0) is 15.9. The largest absolute Gasteiger partial charge is 0.464 e. The summed E-state index contributed by atoms with van der Waals surface area (Å²) in [6.07, 6.45) is 6.01. The number of amides is 1. The van der Waals surface area contributed by atoms with Crippen LogP contribution in [-0.4, -0.2) is 24.5 Å². The van der Waals surface area contributed by atoms with Crippen LogP contribution in [0.15, 0.2) is 24.3 Å². The Labute approximate surface area is 132 Å². The average Bonchev–Trinajstić information content (AvgIpc) is 2.53. The average molecular weight is 303 g/mol. The van der Waals surface area contributed by atoms with E-state index < -0.39 is 6.04 Å². The Bertz CT molecular complexity index is 521. The van der Waals surface area contributed by atoms with Crippen molar-refractivity contribution in [3.05, 3.63) is 35.4 Å². The molecule has 1 amide bonds. The molecular weight excluding hydrogens is 278 g/mol. The highest BCUT2D eigenvalue weighted by Crippen LogP contribution is 2.23. The second kappa shape index (κ2) is 7.97. The van der Waals surface area contributed by atoms with Gasteiger partial charge in [0.25, 0.3) is 5.91 Å². The summed E-state index contributed by atoms with van der Waals surface area (Å²) < 4.78 is 5.35. The van der Waals surface area contributed by atoms with Gasteiger partial charge in [-0.15, -0.1) is 0 Å².